The molecule has 4 nitrogen and oxygen atoms in total. The summed E-state index contributed by atoms with van der Waals surface area (Å²) in [5.74, 6) is 1.74. The van der Waals surface area contributed by atoms with Gasteiger partial charge in [-0.25, -0.2) is 0 Å². The largest absolute Gasteiger partial charge is 0.494 e. The zero-order chi connectivity index (χ0) is 14.1. The third kappa shape index (κ3) is 5.98. The molecule has 3 N–H and O–H groups in total. The van der Waals surface area contributed by atoms with Gasteiger partial charge in [0.15, 0.2) is 0 Å². The highest BCUT2D eigenvalue weighted by Crippen LogP contribution is 2.18. The van der Waals surface area contributed by atoms with Crippen LogP contribution in [0.2, 0.25) is 0 Å². The van der Waals surface area contributed by atoms with Gasteiger partial charge in [0.05, 0.1) is 11.9 Å². The topological polar surface area (TPSA) is 64.3 Å². The minimum Gasteiger partial charge on any atom is -0.494 e. The Morgan fingerprint density at radius 1 is 1.42 bits per heavy atom. The van der Waals surface area contributed by atoms with Crippen molar-refractivity contribution in [1.29, 1.82) is 0 Å². The maximum atomic E-state index is 11.9. The predicted octanol–water partition coefficient (Wildman–Crippen LogP) is 2.49. The first-order chi connectivity index (χ1) is 9.17. The van der Waals surface area contributed by atoms with E-state index in [4.69, 9.17) is 10.5 Å². The molecular formula is C14H22N2O2S. The smallest absolute Gasteiger partial charge is 0.237 e. The van der Waals surface area contributed by atoms with Crippen LogP contribution in [0, 0.1) is 0 Å². The lowest BCUT2D eigenvalue weighted by Crippen LogP contribution is -2.23. The molecule has 1 aromatic rings. The Balaban J connectivity index is 2.42. The van der Waals surface area contributed by atoms with Crippen molar-refractivity contribution in [2.75, 3.05) is 24.2 Å². The zero-order valence-electron chi connectivity index (χ0n) is 11.5. The van der Waals surface area contributed by atoms with Gasteiger partial charge in [-0.3, -0.25) is 4.79 Å². The normalized spacial score (nSPS) is 11.9. The fourth-order valence-electron chi connectivity index (χ4n) is 1.46. The molecule has 0 aliphatic heterocycles. The van der Waals surface area contributed by atoms with Gasteiger partial charge in [0, 0.05) is 5.69 Å². The molecule has 19 heavy (non-hydrogen) atoms. The van der Waals surface area contributed by atoms with E-state index in [1.807, 2.05) is 38.1 Å². The van der Waals surface area contributed by atoms with E-state index in [1.165, 1.54) is 0 Å². The zero-order valence-corrected chi connectivity index (χ0v) is 12.3. The molecule has 0 aliphatic carbocycles. The summed E-state index contributed by atoms with van der Waals surface area (Å²) >= 11 is 1.62. The van der Waals surface area contributed by atoms with Gasteiger partial charge in [-0.15, -0.1) is 11.8 Å². The van der Waals surface area contributed by atoms with E-state index in [2.05, 4.69) is 5.32 Å². The van der Waals surface area contributed by atoms with E-state index >= 15 is 0 Å². The second kappa shape index (κ2) is 8.82. The fourth-order valence-corrected chi connectivity index (χ4v) is 2.36. The lowest BCUT2D eigenvalue weighted by atomic mass is 10.3. The van der Waals surface area contributed by atoms with Gasteiger partial charge in [0.2, 0.25) is 5.91 Å². The van der Waals surface area contributed by atoms with Crippen molar-refractivity contribution in [3.63, 3.8) is 0 Å². The summed E-state index contributed by atoms with van der Waals surface area (Å²) in [5, 5.41) is 2.82. The number of carbonyl (C=O) groups is 1. The van der Waals surface area contributed by atoms with Crippen molar-refractivity contribution in [2.24, 2.45) is 5.73 Å². The fraction of sp³-hybridized carbons (Fsp3) is 0.500. The van der Waals surface area contributed by atoms with E-state index in [1.54, 1.807) is 11.8 Å². The monoisotopic (exact) mass is 282 g/mol. The molecule has 1 amide bonds. The number of hydrogen-bond donors (Lipinski definition) is 2. The van der Waals surface area contributed by atoms with Crippen molar-refractivity contribution in [2.45, 2.75) is 25.5 Å². The van der Waals surface area contributed by atoms with Crippen LogP contribution >= 0.6 is 11.8 Å². The van der Waals surface area contributed by atoms with Crippen LogP contribution in [0.25, 0.3) is 0 Å². The van der Waals surface area contributed by atoms with Crippen LogP contribution in [-0.2, 0) is 4.79 Å². The molecule has 5 heteroatoms. The summed E-state index contributed by atoms with van der Waals surface area (Å²) in [6.45, 7) is 5.15. The molecule has 0 aliphatic rings. The third-order valence-electron chi connectivity index (χ3n) is 2.52. The Bertz CT molecular complexity index is 382. The second-order valence-electron chi connectivity index (χ2n) is 4.10. The maximum absolute atomic E-state index is 11.9. The number of rotatable bonds is 8. The average molecular weight is 282 g/mol. The van der Waals surface area contributed by atoms with Crippen molar-refractivity contribution >= 4 is 23.4 Å². The quantitative estimate of drug-likeness (QED) is 0.719. The van der Waals surface area contributed by atoms with Gasteiger partial charge >= 0.3 is 0 Å². The lowest BCUT2D eigenvalue weighted by molar-refractivity contribution is -0.115. The van der Waals surface area contributed by atoms with E-state index in [0.717, 1.165) is 23.6 Å². The number of benzene rings is 1. The van der Waals surface area contributed by atoms with E-state index < -0.39 is 0 Å². The molecule has 1 aromatic carbocycles. The highest BCUT2D eigenvalue weighted by atomic mass is 32.2. The number of anilines is 1. The molecule has 0 radical (unpaired) electrons. The van der Waals surface area contributed by atoms with E-state index in [0.29, 0.717) is 13.2 Å². The first kappa shape index (κ1) is 15.9. The van der Waals surface area contributed by atoms with Crippen LogP contribution < -0.4 is 15.8 Å². The van der Waals surface area contributed by atoms with Gasteiger partial charge in [-0.1, -0.05) is 0 Å². The Kier molecular flexibility index (Phi) is 7.36. The van der Waals surface area contributed by atoms with Gasteiger partial charge in [-0.05, 0) is 56.8 Å². The first-order valence-corrected chi connectivity index (χ1v) is 7.57. The number of thioether (sulfide) groups is 1. The lowest BCUT2D eigenvalue weighted by Gasteiger charge is -2.12. The minimum absolute atomic E-state index is 0.0196. The average Bonchev–Trinajstić information content (AvgIpc) is 2.41. The molecular weight excluding hydrogens is 260 g/mol. The molecule has 0 saturated heterocycles. The second-order valence-corrected chi connectivity index (χ2v) is 5.55. The van der Waals surface area contributed by atoms with Crippen molar-refractivity contribution in [1.82, 2.24) is 0 Å². The molecule has 1 rings (SSSR count). The van der Waals surface area contributed by atoms with Gasteiger partial charge < -0.3 is 15.8 Å². The van der Waals surface area contributed by atoms with Gasteiger partial charge in [0.1, 0.15) is 5.75 Å². The first-order valence-electron chi connectivity index (χ1n) is 6.52. The molecule has 0 bridgehead atoms. The Hall–Kier alpha value is -1.20. The number of carbonyl (C=O) groups excluding carboxylic acids is 1. The Morgan fingerprint density at radius 2 is 2.11 bits per heavy atom. The Labute approximate surface area is 119 Å². The minimum atomic E-state index is -0.0712. The number of ether oxygens (including phenoxy) is 1. The summed E-state index contributed by atoms with van der Waals surface area (Å²) in [6.07, 6.45) is 0.936. The molecule has 0 aromatic heterocycles. The molecule has 1 atom stereocenters. The van der Waals surface area contributed by atoms with Crippen molar-refractivity contribution < 1.29 is 9.53 Å². The highest BCUT2D eigenvalue weighted by molar-refractivity contribution is 8.00. The van der Waals surface area contributed by atoms with Crippen molar-refractivity contribution in [3.8, 4) is 5.75 Å². The van der Waals surface area contributed by atoms with E-state index in [-0.39, 0.29) is 11.2 Å². The molecule has 106 valence electrons. The number of nitrogens with two attached hydrogens (primary N) is 1. The maximum Gasteiger partial charge on any atom is 0.237 e. The number of nitrogens with one attached hydrogen (secondary N) is 1. The van der Waals surface area contributed by atoms with Crippen LogP contribution in [0.4, 0.5) is 5.69 Å². The van der Waals surface area contributed by atoms with Gasteiger partial charge in [0.25, 0.3) is 0 Å². The van der Waals surface area contributed by atoms with Crippen LogP contribution in [0.15, 0.2) is 24.3 Å². The van der Waals surface area contributed by atoms with Crippen molar-refractivity contribution in [3.05, 3.63) is 24.3 Å². The standard InChI is InChI=1S/C14H22N2O2S/c1-3-18-13-7-5-12(6-8-13)16-14(17)11(2)19-10-4-9-15/h5-8,11H,3-4,9-10,15H2,1-2H3,(H,16,17). The summed E-state index contributed by atoms with van der Waals surface area (Å²) in [6, 6.07) is 7.40. The molecule has 1 unspecified atom stereocenters. The van der Waals surface area contributed by atoms with Crippen LogP contribution in [0.1, 0.15) is 20.3 Å². The summed E-state index contributed by atoms with van der Waals surface area (Å²) in [7, 11) is 0. The molecule has 0 fully saturated rings. The van der Waals surface area contributed by atoms with E-state index in [9.17, 15) is 4.79 Å². The Morgan fingerprint density at radius 3 is 2.68 bits per heavy atom. The molecule has 0 saturated carbocycles. The highest BCUT2D eigenvalue weighted by Gasteiger charge is 2.12. The van der Waals surface area contributed by atoms with Crippen LogP contribution in [-0.4, -0.2) is 30.1 Å². The van der Waals surface area contributed by atoms with Crippen LogP contribution in [0.5, 0.6) is 5.75 Å². The predicted molar refractivity (Wildman–Crippen MR) is 81.8 cm³/mol. The number of amides is 1. The van der Waals surface area contributed by atoms with Gasteiger partial charge in [-0.2, -0.15) is 0 Å². The summed E-state index contributed by atoms with van der Waals surface area (Å²) in [4.78, 5) is 11.9. The summed E-state index contributed by atoms with van der Waals surface area (Å²) < 4.78 is 5.35. The molecule has 0 spiro atoms. The number of hydrogen-bond acceptors (Lipinski definition) is 4. The molecule has 0 heterocycles. The summed E-state index contributed by atoms with van der Waals surface area (Å²) in [5.41, 5.74) is 6.22. The third-order valence-corrected chi connectivity index (χ3v) is 3.76. The SMILES string of the molecule is CCOc1ccc(NC(=O)C(C)SCCCN)cc1. The van der Waals surface area contributed by atoms with Crippen LogP contribution in [0.3, 0.4) is 0 Å².